The van der Waals surface area contributed by atoms with Crippen molar-refractivity contribution in [3.8, 4) is 0 Å². The van der Waals surface area contributed by atoms with E-state index in [4.69, 9.17) is 10.2 Å². The van der Waals surface area contributed by atoms with Crippen molar-refractivity contribution in [3.63, 3.8) is 0 Å². The van der Waals surface area contributed by atoms with Crippen LogP contribution in [-0.2, 0) is 17.1 Å². The fraction of sp³-hybridized carbons (Fsp3) is 0. The smallest absolute Gasteiger partial charge is 0.478 e. The minimum atomic E-state index is -0.884. The van der Waals surface area contributed by atoms with Crippen molar-refractivity contribution in [1.82, 2.24) is 0 Å². The van der Waals surface area contributed by atoms with Crippen LogP contribution in [0.2, 0.25) is 0 Å². The van der Waals surface area contributed by atoms with Gasteiger partial charge in [-0.15, -0.1) is 0 Å². The molecule has 0 amide bonds. The van der Waals surface area contributed by atoms with E-state index in [0.29, 0.717) is 11.1 Å². The van der Waals surface area contributed by atoms with E-state index >= 15 is 0 Å². The molecule has 4 nitrogen and oxygen atoms in total. The topological polar surface area (TPSA) is 74.6 Å². The Hall–Kier alpha value is -3.14. The minimum absolute atomic E-state index is 0. The maximum absolute atomic E-state index is 10.6. The number of aromatic carboxylic acids is 2. The van der Waals surface area contributed by atoms with Crippen molar-refractivity contribution in [2.24, 2.45) is 0 Å². The molecule has 0 unspecified atom stereocenters. The molecule has 2 N–H and O–H groups in total. The van der Waals surface area contributed by atoms with Crippen LogP contribution in [0.1, 0.15) is 20.7 Å². The molecule has 0 heterocycles. The van der Waals surface area contributed by atoms with Gasteiger partial charge in [-0.2, -0.15) is 0 Å². The zero-order valence-corrected chi connectivity index (χ0v) is 15.0. The predicted molar refractivity (Wildman–Crippen MR) is 102 cm³/mol. The van der Waals surface area contributed by atoms with Gasteiger partial charge in [0.2, 0.25) is 0 Å². The summed E-state index contributed by atoms with van der Waals surface area (Å²) in [4.78, 5) is 21.3. The molecule has 0 bridgehead atoms. The zero-order chi connectivity index (χ0) is 18.5. The number of rotatable bonds is 2. The average molecular weight is 408 g/mol. The fourth-order valence-corrected chi connectivity index (χ4v) is 2.64. The molecule has 0 aliphatic carbocycles. The summed E-state index contributed by atoms with van der Waals surface area (Å²) in [6.45, 7) is 0. The third-order valence-electron chi connectivity index (χ3n) is 3.99. The Kier molecular flexibility index (Phi) is 6.72. The molecule has 137 valence electrons. The first-order valence-corrected chi connectivity index (χ1v) is 7.99. The molecule has 1 radical (unpaired) electrons. The van der Waals surface area contributed by atoms with Gasteiger partial charge < -0.3 is 10.2 Å². The largest absolute Gasteiger partial charge is 2.00 e. The van der Waals surface area contributed by atoms with Gasteiger partial charge in [0, 0.05) is 0 Å². The predicted octanol–water partition coefficient (Wildman–Crippen LogP) is 5.07. The normalized spacial score (nSPS) is 9.78. The van der Waals surface area contributed by atoms with Crippen molar-refractivity contribution in [3.05, 3.63) is 96.1 Å². The summed E-state index contributed by atoms with van der Waals surface area (Å²) in [6.07, 6.45) is 0. The molecule has 0 aromatic heterocycles. The van der Waals surface area contributed by atoms with E-state index in [1.807, 2.05) is 60.7 Å². The van der Waals surface area contributed by atoms with E-state index in [1.165, 1.54) is 0 Å². The first kappa shape index (κ1) is 20.2. The van der Waals surface area contributed by atoms with Crippen LogP contribution in [-0.4, -0.2) is 22.2 Å². The zero-order valence-electron chi connectivity index (χ0n) is 14.1. The van der Waals surface area contributed by atoms with Gasteiger partial charge >= 0.3 is 29.0 Å². The molecule has 0 atom stereocenters. The number of carboxylic acid groups (broad SMARTS) is 2. The summed E-state index contributed by atoms with van der Waals surface area (Å²) >= 11 is 0. The molecular weight excluding hydrogens is 392 g/mol. The van der Waals surface area contributed by atoms with E-state index in [-0.39, 0.29) is 17.1 Å². The molecule has 4 aromatic rings. The summed E-state index contributed by atoms with van der Waals surface area (Å²) < 4.78 is 0. The maximum Gasteiger partial charge on any atom is 2.00 e. The monoisotopic (exact) mass is 407 g/mol. The van der Waals surface area contributed by atoms with Gasteiger partial charge in [0.05, 0.1) is 11.1 Å². The van der Waals surface area contributed by atoms with Crippen LogP contribution < -0.4 is 0 Å². The van der Waals surface area contributed by atoms with Gasteiger partial charge in [-0.25, -0.2) is 9.59 Å². The molecule has 0 aliphatic heterocycles. The quantitative estimate of drug-likeness (QED) is 0.455. The summed E-state index contributed by atoms with van der Waals surface area (Å²) in [5.41, 5.74) is 0.664. The summed E-state index contributed by atoms with van der Waals surface area (Å²) in [6, 6.07) is 25.6. The third-order valence-corrected chi connectivity index (χ3v) is 3.99. The van der Waals surface area contributed by atoms with Crippen molar-refractivity contribution in [2.75, 3.05) is 0 Å². The van der Waals surface area contributed by atoms with Crippen molar-refractivity contribution >= 4 is 33.5 Å². The summed E-state index contributed by atoms with van der Waals surface area (Å²) in [5.74, 6) is -1.77. The van der Waals surface area contributed by atoms with Crippen molar-refractivity contribution in [1.29, 1.82) is 0 Å². The van der Waals surface area contributed by atoms with Gasteiger partial charge in [0.15, 0.2) is 0 Å². The Morgan fingerprint density at radius 2 is 0.852 bits per heavy atom. The van der Waals surface area contributed by atoms with Gasteiger partial charge in [-0.1, -0.05) is 60.7 Å². The molecular formula is C22H16CuO4+2. The Balaban J connectivity index is 0.000000187. The van der Waals surface area contributed by atoms with Crippen LogP contribution in [0.25, 0.3) is 21.5 Å². The minimum Gasteiger partial charge on any atom is -0.478 e. The average Bonchev–Trinajstić information content (AvgIpc) is 2.67. The van der Waals surface area contributed by atoms with Gasteiger partial charge in [0.25, 0.3) is 0 Å². The van der Waals surface area contributed by atoms with Crippen LogP contribution in [0.5, 0.6) is 0 Å². The van der Waals surface area contributed by atoms with Crippen LogP contribution in [0.15, 0.2) is 84.9 Å². The number of carbonyl (C=O) groups is 2. The second-order valence-corrected chi connectivity index (χ2v) is 5.73. The first-order valence-electron chi connectivity index (χ1n) is 7.99. The standard InChI is InChI=1S/2C11H8O2.Cu/c2*12-11(13)10-6-5-8-3-1-2-4-9(8)7-10;/h2*1-7H,(H,12,13);/q;;+2. The van der Waals surface area contributed by atoms with Gasteiger partial charge in [-0.05, 0) is 45.8 Å². The second-order valence-electron chi connectivity index (χ2n) is 5.73. The Morgan fingerprint density at radius 3 is 1.19 bits per heavy atom. The van der Waals surface area contributed by atoms with E-state index < -0.39 is 11.9 Å². The number of fused-ring (bicyclic) bond motifs is 2. The number of benzene rings is 4. The SMILES string of the molecule is O=C(O)c1ccc2ccccc2c1.O=C(O)c1ccc2ccccc2c1.[Cu+2]. The van der Waals surface area contributed by atoms with E-state index in [0.717, 1.165) is 21.5 Å². The second kappa shape index (κ2) is 8.99. The molecule has 4 aromatic carbocycles. The Labute approximate surface area is 166 Å². The molecule has 0 aliphatic rings. The number of hydrogen-bond donors (Lipinski definition) is 2. The first-order chi connectivity index (χ1) is 12.5. The van der Waals surface area contributed by atoms with Crippen molar-refractivity contribution < 1.29 is 36.9 Å². The number of carboxylic acids is 2. The van der Waals surface area contributed by atoms with Gasteiger partial charge in [-0.3, -0.25) is 0 Å². The molecule has 0 spiro atoms. The molecule has 0 saturated heterocycles. The Morgan fingerprint density at radius 1 is 0.519 bits per heavy atom. The molecule has 0 saturated carbocycles. The fourth-order valence-electron chi connectivity index (χ4n) is 2.64. The molecule has 0 fully saturated rings. The maximum atomic E-state index is 10.6. The van der Waals surface area contributed by atoms with Gasteiger partial charge in [0.1, 0.15) is 0 Å². The van der Waals surface area contributed by atoms with Crippen LogP contribution in [0.3, 0.4) is 0 Å². The number of hydrogen-bond acceptors (Lipinski definition) is 2. The van der Waals surface area contributed by atoms with Crippen molar-refractivity contribution in [2.45, 2.75) is 0 Å². The van der Waals surface area contributed by atoms with E-state index in [9.17, 15) is 9.59 Å². The van der Waals surface area contributed by atoms with Crippen LogP contribution in [0.4, 0.5) is 0 Å². The van der Waals surface area contributed by atoms with E-state index in [2.05, 4.69) is 0 Å². The van der Waals surface area contributed by atoms with Crippen LogP contribution in [0, 0.1) is 0 Å². The third kappa shape index (κ3) is 4.94. The summed E-state index contributed by atoms with van der Waals surface area (Å²) in [7, 11) is 0. The summed E-state index contributed by atoms with van der Waals surface area (Å²) in [5, 5.41) is 21.5. The molecule has 5 heteroatoms. The molecule has 27 heavy (non-hydrogen) atoms. The molecule has 4 rings (SSSR count). The Bertz CT molecular complexity index is 1020. The van der Waals surface area contributed by atoms with E-state index in [1.54, 1.807) is 24.3 Å². The van der Waals surface area contributed by atoms with Crippen LogP contribution >= 0.6 is 0 Å².